The fourth-order valence-corrected chi connectivity index (χ4v) is 1.82. The molecule has 1 aromatic heterocycles. The van der Waals surface area contributed by atoms with Crippen molar-refractivity contribution >= 4 is 5.82 Å². The highest BCUT2D eigenvalue weighted by Gasteiger charge is 2.22. The van der Waals surface area contributed by atoms with Gasteiger partial charge in [0.05, 0.1) is 7.11 Å². The van der Waals surface area contributed by atoms with Gasteiger partial charge in [-0.15, -0.1) is 10.2 Å². The Balaban J connectivity index is 2.04. The van der Waals surface area contributed by atoms with Gasteiger partial charge in [0.2, 0.25) is 5.88 Å². The van der Waals surface area contributed by atoms with Gasteiger partial charge in [-0.2, -0.15) is 0 Å². The fourth-order valence-electron chi connectivity index (χ4n) is 1.82. The van der Waals surface area contributed by atoms with Crippen LogP contribution in [0.25, 0.3) is 0 Å². The molecule has 1 fully saturated rings. The molecule has 1 atom stereocenters. The molecule has 5 heteroatoms. The standard InChI is InChI=1S/C10H16N4O/c1-15-10-3-2-9(12-13-10)14-5-4-8(6-11)7-14/h2-3,8H,4-7,11H2,1H3. The van der Waals surface area contributed by atoms with E-state index >= 15 is 0 Å². The molecule has 0 saturated carbocycles. The number of aromatic nitrogens is 2. The van der Waals surface area contributed by atoms with Crippen LogP contribution in [0.4, 0.5) is 5.82 Å². The van der Waals surface area contributed by atoms with Crippen molar-refractivity contribution in [1.82, 2.24) is 10.2 Å². The zero-order valence-corrected chi connectivity index (χ0v) is 8.89. The number of anilines is 1. The Bertz CT molecular complexity index is 314. The molecule has 2 rings (SSSR count). The summed E-state index contributed by atoms with van der Waals surface area (Å²) in [6.07, 6.45) is 1.14. The van der Waals surface area contributed by atoms with Crippen molar-refractivity contribution in [3.05, 3.63) is 12.1 Å². The lowest BCUT2D eigenvalue weighted by Gasteiger charge is -2.16. The highest BCUT2D eigenvalue weighted by Crippen LogP contribution is 2.21. The first-order valence-electron chi connectivity index (χ1n) is 5.16. The van der Waals surface area contributed by atoms with Crippen molar-refractivity contribution in [3.8, 4) is 5.88 Å². The number of hydrogen-bond donors (Lipinski definition) is 1. The maximum absolute atomic E-state index is 5.64. The van der Waals surface area contributed by atoms with Crippen LogP contribution in [-0.4, -0.2) is 36.9 Å². The molecule has 15 heavy (non-hydrogen) atoms. The van der Waals surface area contributed by atoms with Gasteiger partial charge in [-0.05, 0) is 24.9 Å². The molecule has 0 spiro atoms. The van der Waals surface area contributed by atoms with Crippen molar-refractivity contribution in [1.29, 1.82) is 0 Å². The van der Waals surface area contributed by atoms with Crippen molar-refractivity contribution in [3.63, 3.8) is 0 Å². The van der Waals surface area contributed by atoms with Gasteiger partial charge in [0.15, 0.2) is 5.82 Å². The minimum atomic E-state index is 0.549. The van der Waals surface area contributed by atoms with E-state index in [-0.39, 0.29) is 0 Å². The molecule has 1 saturated heterocycles. The van der Waals surface area contributed by atoms with Gasteiger partial charge in [-0.1, -0.05) is 0 Å². The molecule has 2 N–H and O–H groups in total. The minimum Gasteiger partial charge on any atom is -0.480 e. The maximum atomic E-state index is 5.64. The van der Waals surface area contributed by atoms with Gasteiger partial charge < -0.3 is 15.4 Å². The quantitative estimate of drug-likeness (QED) is 0.772. The predicted octanol–water partition coefficient (Wildman–Crippen LogP) is 0.270. The summed E-state index contributed by atoms with van der Waals surface area (Å²) in [4.78, 5) is 2.21. The molecule has 0 radical (unpaired) electrons. The van der Waals surface area contributed by atoms with E-state index in [9.17, 15) is 0 Å². The van der Waals surface area contributed by atoms with E-state index in [0.29, 0.717) is 11.8 Å². The molecule has 5 nitrogen and oxygen atoms in total. The van der Waals surface area contributed by atoms with E-state index in [1.54, 1.807) is 7.11 Å². The largest absolute Gasteiger partial charge is 0.480 e. The lowest BCUT2D eigenvalue weighted by atomic mass is 10.1. The van der Waals surface area contributed by atoms with E-state index < -0.39 is 0 Å². The molecule has 0 aromatic carbocycles. The third kappa shape index (κ3) is 2.18. The Morgan fingerprint density at radius 1 is 1.53 bits per heavy atom. The third-order valence-electron chi connectivity index (χ3n) is 2.78. The van der Waals surface area contributed by atoms with Crippen LogP contribution in [-0.2, 0) is 0 Å². The van der Waals surface area contributed by atoms with E-state index in [1.165, 1.54) is 0 Å². The zero-order valence-electron chi connectivity index (χ0n) is 8.89. The molecular formula is C10H16N4O. The monoisotopic (exact) mass is 208 g/mol. The lowest BCUT2D eigenvalue weighted by Crippen LogP contribution is -2.23. The van der Waals surface area contributed by atoms with Crippen molar-refractivity contribution in [2.75, 3.05) is 31.6 Å². The Kier molecular flexibility index (Phi) is 3.01. The first-order chi connectivity index (χ1) is 7.33. The molecule has 2 heterocycles. The molecule has 0 bridgehead atoms. The first-order valence-corrected chi connectivity index (χ1v) is 5.16. The van der Waals surface area contributed by atoms with Crippen LogP contribution < -0.4 is 15.4 Å². The molecule has 1 aliphatic rings. The van der Waals surface area contributed by atoms with Crippen LogP contribution in [0.3, 0.4) is 0 Å². The Morgan fingerprint density at radius 3 is 2.93 bits per heavy atom. The van der Waals surface area contributed by atoms with Crippen molar-refractivity contribution in [2.45, 2.75) is 6.42 Å². The van der Waals surface area contributed by atoms with Crippen LogP contribution in [0.1, 0.15) is 6.42 Å². The van der Waals surface area contributed by atoms with Gasteiger partial charge >= 0.3 is 0 Å². The first kappa shape index (κ1) is 10.2. The second-order valence-corrected chi connectivity index (χ2v) is 3.77. The molecule has 1 unspecified atom stereocenters. The van der Waals surface area contributed by atoms with Gasteiger partial charge in [0.1, 0.15) is 0 Å². The van der Waals surface area contributed by atoms with Crippen molar-refractivity contribution in [2.24, 2.45) is 11.7 Å². The average Bonchev–Trinajstić information content (AvgIpc) is 2.78. The average molecular weight is 208 g/mol. The van der Waals surface area contributed by atoms with E-state index in [4.69, 9.17) is 10.5 Å². The topological polar surface area (TPSA) is 64.3 Å². The highest BCUT2D eigenvalue weighted by molar-refractivity contribution is 5.39. The fraction of sp³-hybridized carbons (Fsp3) is 0.600. The smallest absolute Gasteiger partial charge is 0.233 e. The Hall–Kier alpha value is -1.36. The second kappa shape index (κ2) is 4.44. The summed E-state index contributed by atoms with van der Waals surface area (Å²) in [6.45, 7) is 2.75. The van der Waals surface area contributed by atoms with Gasteiger partial charge in [-0.3, -0.25) is 0 Å². The highest BCUT2D eigenvalue weighted by atomic mass is 16.5. The molecule has 0 aliphatic carbocycles. The number of ether oxygens (including phenoxy) is 1. The van der Waals surface area contributed by atoms with Gasteiger partial charge in [-0.25, -0.2) is 0 Å². The van der Waals surface area contributed by atoms with Gasteiger partial charge in [0, 0.05) is 19.2 Å². The summed E-state index contributed by atoms with van der Waals surface area (Å²) < 4.78 is 4.96. The number of rotatable bonds is 3. The van der Waals surface area contributed by atoms with Crippen molar-refractivity contribution < 1.29 is 4.74 Å². The summed E-state index contributed by atoms with van der Waals surface area (Å²) in [6, 6.07) is 3.77. The number of hydrogen-bond acceptors (Lipinski definition) is 5. The summed E-state index contributed by atoms with van der Waals surface area (Å²) in [5.74, 6) is 2.05. The molecule has 1 aromatic rings. The predicted molar refractivity (Wildman–Crippen MR) is 58.0 cm³/mol. The second-order valence-electron chi connectivity index (χ2n) is 3.77. The van der Waals surface area contributed by atoms with E-state index in [0.717, 1.165) is 31.9 Å². The lowest BCUT2D eigenvalue weighted by molar-refractivity contribution is 0.392. The number of nitrogens with zero attached hydrogens (tertiary/aromatic N) is 3. The number of nitrogens with two attached hydrogens (primary N) is 1. The summed E-state index contributed by atoms with van der Waals surface area (Å²) in [5, 5.41) is 8.06. The molecule has 0 amide bonds. The minimum absolute atomic E-state index is 0.549. The molecule has 1 aliphatic heterocycles. The van der Waals surface area contributed by atoms with Crippen LogP contribution in [0, 0.1) is 5.92 Å². The van der Waals surface area contributed by atoms with E-state index in [1.807, 2.05) is 12.1 Å². The Labute approximate surface area is 89.2 Å². The normalized spacial score (nSPS) is 20.7. The number of methoxy groups -OCH3 is 1. The van der Waals surface area contributed by atoms with Crippen LogP contribution >= 0.6 is 0 Å². The maximum Gasteiger partial charge on any atom is 0.233 e. The molecular weight excluding hydrogens is 192 g/mol. The van der Waals surface area contributed by atoms with Crippen LogP contribution in [0.15, 0.2) is 12.1 Å². The summed E-state index contributed by atoms with van der Waals surface area (Å²) in [5.41, 5.74) is 5.64. The van der Waals surface area contributed by atoms with E-state index in [2.05, 4.69) is 15.1 Å². The zero-order chi connectivity index (χ0) is 10.7. The van der Waals surface area contributed by atoms with Crippen LogP contribution in [0.5, 0.6) is 5.88 Å². The summed E-state index contributed by atoms with van der Waals surface area (Å²) in [7, 11) is 1.59. The van der Waals surface area contributed by atoms with Gasteiger partial charge in [0.25, 0.3) is 0 Å². The third-order valence-corrected chi connectivity index (χ3v) is 2.78. The van der Waals surface area contributed by atoms with Crippen LogP contribution in [0.2, 0.25) is 0 Å². The Morgan fingerprint density at radius 2 is 2.40 bits per heavy atom. The molecule has 82 valence electrons. The SMILES string of the molecule is COc1ccc(N2CCC(CN)C2)nn1. The summed E-state index contributed by atoms with van der Waals surface area (Å²) >= 11 is 0.